The zero-order valence-electron chi connectivity index (χ0n) is 15.5. The van der Waals surface area contributed by atoms with E-state index in [1.807, 2.05) is 19.1 Å². The average molecular weight is 401 g/mol. The molecule has 0 saturated carbocycles. The van der Waals surface area contributed by atoms with E-state index in [9.17, 15) is 18.0 Å². The van der Waals surface area contributed by atoms with E-state index in [0.717, 1.165) is 36.5 Å². The van der Waals surface area contributed by atoms with Crippen molar-refractivity contribution >= 4 is 17.3 Å². The van der Waals surface area contributed by atoms with E-state index in [1.54, 1.807) is 24.3 Å². The van der Waals surface area contributed by atoms with Crippen LogP contribution >= 0.6 is 0 Å². The van der Waals surface area contributed by atoms with Gasteiger partial charge in [0.05, 0.1) is 17.4 Å². The summed E-state index contributed by atoms with van der Waals surface area (Å²) in [6, 6.07) is 14.5. The predicted molar refractivity (Wildman–Crippen MR) is 104 cm³/mol. The number of alkyl halides is 3. The molecule has 0 saturated heterocycles. The highest BCUT2D eigenvalue weighted by atomic mass is 19.4. The number of halogens is 3. The number of anilines is 2. The molecule has 0 spiro atoms. The van der Waals surface area contributed by atoms with E-state index < -0.39 is 17.6 Å². The summed E-state index contributed by atoms with van der Waals surface area (Å²) in [6.07, 6.45) is -3.04. The summed E-state index contributed by atoms with van der Waals surface area (Å²) in [4.78, 5) is 16.3. The van der Waals surface area contributed by atoms with Crippen molar-refractivity contribution in [3.05, 3.63) is 78.0 Å². The fourth-order valence-electron chi connectivity index (χ4n) is 2.49. The van der Waals surface area contributed by atoms with Crippen molar-refractivity contribution in [1.82, 2.24) is 4.98 Å². The van der Waals surface area contributed by atoms with E-state index in [1.165, 1.54) is 6.20 Å². The van der Waals surface area contributed by atoms with Gasteiger partial charge in [0.1, 0.15) is 5.75 Å². The third-order valence-electron chi connectivity index (χ3n) is 3.93. The lowest BCUT2D eigenvalue weighted by atomic mass is 10.1. The highest BCUT2D eigenvalue weighted by Gasteiger charge is 2.30. The van der Waals surface area contributed by atoms with Gasteiger partial charge in [-0.3, -0.25) is 4.79 Å². The van der Waals surface area contributed by atoms with Crippen molar-refractivity contribution in [1.29, 1.82) is 0 Å². The summed E-state index contributed by atoms with van der Waals surface area (Å²) in [5.74, 6) is 0.419. The molecule has 0 radical (unpaired) electrons. The molecule has 150 valence electrons. The summed E-state index contributed by atoms with van der Waals surface area (Å²) in [5.41, 5.74) is 0.675. The maximum atomic E-state index is 12.6. The molecule has 0 fully saturated rings. The zero-order chi connectivity index (χ0) is 20.9. The van der Waals surface area contributed by atoms with Crippen molar-refractivity contribution in [3.8, 4) is 11.6 Å². The maximum absolute atomic E-state index is 12.6. The van der Waals surface area contributed by atoms with E-state index in [0.29, 0.717) is 17.3 Å². The minimum absolute atomic E-state index is 0.110. The summed E-state index contributed by atoms with van der Waals surface area (Å²) in [6.45, 7) is 2.83. The second kappa shape index (κ2) is 8.64. The van der Waals surface area contributed by atoms with Crippen LogP contribution in [0.25, 0.3) is 0 Å². The van der Waals surface area contributed by atoms with Crippen molar-refractivity contribution in [2.45, 2.75) is 13.1 Å². The lowest BCUT2D eigenvalue weighted by molar-refractivity contribution is -0.137. The zero-order valence-corrected chi connectivity index (χ0v) is 15.5. The Balaban J connectivity index is 1.60. The highest BCUT2D eigenvalue weighted by Crippen LogP contribution is 2.29. The average Bonchev–Trinajstić information content (AvgIpc) is 2.70. The molecule has 0 bridgehead atoms. The number of nitrogens with one attached hydrogen (secondary N) is 2. The number of aromatic nitrogens is 1. The van der Waals surface area contributed by atoms with Crippen LogP contribution in [0.15, 0.2) is 66.9 Å². The third kappa shape index (κ3) is 5.47. The van der Waals surface area contributed by atoms with Gasteiger partial charge in [0.2, 0.25) is 5.88 Å². The summed E-state index contributed by atoms with van der Waals surface area (Å²) < 4.78 is 43.4. The SMILES string of the molecule is CCNc1ccc(Oc2ccc(NC(=O)c3ccc(C(F)(F)F)cc3)cn2)cc1. The number of amides is 1. The molecule has 29 heavy (non-hydrogen) atoms. The number of ether oxygens (including phenoxy) is 1. The Morgan fingerprint density at radius 2 is 1.62 bits per heavy atom. The quantitative estimate of drug-likeness (QED) is 0.566. The molecule has 0 unspecified atom stereocenters. The molecular formula is C21H18F3N3O2. The van der Waals surface area contributed by atoms with Crippen LogP contribution in [0.2, 0.25) is 0 Å². The lowest BCUT2D eigenvalue weighted by Crippen LogP contribution is -2.13. The van der Waals surface area contributed by atoms with Crippen LogP contribution in [0.4, 0.5) is 24.5 Å². The number of nitrogens with zero attached hydrogens (tertiary/aromatic N) is 1. The van der Waals surface area contributed by atoms with E-state index >= 15 is 0 Å². The van der Waals surface area contributed by atoms with E-state index in [2.05, 4.69) is 15.6 Å². The molecular weight excluding hydrogens is 383 g/mol. The molecule has 0 aliphatic rings. The molecule has 2 aromatic carbocycles. The van der Waals surface area contributed by atoms with E-state index in [4.69, 9.17) is 4.74 Å². The normalized spacial score (nSPS) is 11.0. The van der Waals surface area contributed by atoms with Crippen molar-refractivity contribution < 1.29 is 22.7 Å². The van der Waals surface area contributed by atoms with Gasteiger partial charge in [-0.2, -0.15) is 13.2 Å². The maximum Gasteiger partial charge on any atom is 0.416 e. The largest absolute Gasteiger partial charge is 0.439 e. The fourth-order valence-corrected chi connectivity index (χ4v) is 2.49. The molecule has 3 aromatic rings. The highest BCUT2D eigenvalue weighted by molar-refractivity contribution is 6.04. The van der Waals surface area contributed by atoms with Crippen LogP contribution in [0.1, 0.15) is 22.8 Å². The topological polar surface area (TPSA) is 63.2 Å². The van der Waals surface area contributed by atoms with Gasteiger partial charge in [0.15, 0.2) is 0 Å². The summed E-state index contributed by atoms with van der Waals surface area (Å²) in [7, 11) is 0. The Bertz CT molecular complexity index is 954. The first-order chi connectivity index (χ1) is 13.8. The van der Waals surface area contributed by atoms with Gasteiger partial charge < -0.3 is 15.4 Å². The fraction of sp³-hybridized carbons (Fsp3) is 0.143. The van der Waals surface area contributed by atoms with Crippen LogP contribution in [-0.2, 0) is 6.18 Å². The molecule has 3 rings (SSSR count). The van der Waals surface area contributed by atoms with Gasteiger partial charge in [-0.05, 0) is 61.5 Å². The van der Waals surface area contributed by atoms with Crippen LogP contribution in [0.3, 0.4) is 0 Å². The summed E-state index contributed by atoms with van der Waals surface area (Å²) >= 11 is 0. The van der Waals surface area contributed by atoms with Crippen LogP contribution in [0, 0.1) is 0 Å². The first-order valence-corrected chi connectivity index (χ1v) is 8.81. The number of carbonyl (C=O) groups is 1. The second-order valence-electron chi connectivity index (χ2n) is 6.07. The molecule has 0 aliphatic heterocycles. The smallest absolute Gasteiger partial charge is 0.416 e. The van der Waals surface area contributed by atoms with Gasteiger partial charge in [-0.1, -0.05) is 0 Å². The van der Waals surface area contributed by atoms with Crippen LogP contribution in [-0.4, -0.2) is 17.4 Å². The molecule has 1 heterocycles. The third-order valence-corrected chi connectivity index (χ3v) is 3.93. The van der Waals surface area contributed by atoms with Gasteiger partial charge in [0, 0.05) is 23.9 Å². The van der Waals surface area contributed by atoms with Crippen LogP contribution < -0.4 is 15.4 Å². The lowest BCUT2D eigenvalue weighted by Gasteiger charge is -2.09. The molecule has 8 heteroatoms. The van der Waals surface area contributed by atoms with Crippen molar-refractivity contribution in [2.75, 3.05) is 17.2 Å². The molecule has 0 atom stereocenters. The van der Waals surface area contributed by atoms with Gasteiger partial charge in [-0.15, -0.1) is 0 Å². The van der Waals surface area contributed by atoms with E-state index in [-0.39, 0.29) is 5.56 Å². The number of pyridine rings is 1. The van der Waals surface area contributed by atoms with Crippen molar-refractivity contribution in [3.63, 3.8) is 0 Å². The molecule has 5 nitrogen and oxygen atoms in total. The monoisotopic (exact) mass is 401 g/mol. The van der Waals surface area contributed by atoms with Gasteiger partial charge in [-0.25, -0.2) is 4.98 Å². The Morgan fingerprint density at radius 3 is 2.17 bits per heavy atom. The number of rotatable bonds is 6. The second-order valence-corrected chi connectivity index (χ2v) is 6.07. The molecule has 2 N–H and O–H groups in total. The van der Waals surface area contributed by atoms with Crippen LogP contribution in [0.5, 0.6) is 11.6 Å². The standard InChI is InChI=1S/C21H18F3N3O2/c1-2-25-16-7-10-18(11-8-16)29-19-12-9-17(13-26-19)27-20(28)14-3-5-15(6-4-14)21(22,23)24/h3-13,25H,2H2,1H3,(H,27,28). The minimum Gasteiger partial charge on any atom is -0.439 e. The molecule has 0 aliphatic carbocycles. The summed E-state index contributed by atoms with van der Waals surface area (Å²) in [5, 5.41) is 5.76. The Labute approximate surface area is 165 Å². The Kier molecular flexibility index (Phi) is 6.01. The first-order valence-electron chi connectivity index (χ1n) is 8.81. The van der Waals surface area contributed by atoms with Gasteiger partial charge in [0.25, 0.3) is 5.91 Å². The Hall–Kier alpha value is -3.55. The first kappa shape index (κ1) is 20.2. The predicted octanol–water partition coefficient (Wildman–Crippen LogP) is 5.58. The number of benzene rings is 2. The van der Waals surface area contributed by atoms with Crippen molar-refractivity contribution in [2.24, 2.45) is 0 Å². The number of hydrogen-bond donors (Lipinski definition) is 2. The molecule has 1 aromatic heterocycles. The Morgan fingerprint density at radius 1 is 0.966 bits per heavy atom. The molecule has 1 amide bonds. The minimum atomic E-state index is -4.44. The number of carbonyl (C=O) groups excluding carboxylic acids is 1. The number of hydrogen-bond acceptors (Lipinski definition) is 4. The van der Waals surface area contributed by atoms with Gasteiger partial charge >= 0.3 is 6.18 Å².